The normalized spacial score (nSPS) is 9.32. The second-order valence-corrected chi connectivity index (χ2v) is 3.84. The van der Waals surface area contributed by atoms with E-state index >= 15 is 0 Å². The van der Waals surface area contributed by atoms with E-state index in [2.05, 4.69) is 9.97 Å². The van der Waals surface area contributed by atoms with Gasteiger partial charge in [0, 0.05) is 24.3 Å². The van der Waals surface area contributed by atoms with Crippen molar-refractivity contribution < 1.29 is 4.74 Å². The van der Waals surface area contributed by atoms with Crippen molar-refractivity contribution in [2.75, 3.05) is 7.11 Å². The second kappa shape index (κ2) is 7.01. The van der Waals surface area contributed by atoms with E-state index in [0.29, 0.717) is 0 Å². The molecule has 0 atom stereocenters. The maximum absolute atomic E-state index is 5.08. The first-order valence-corrected chi connectivity index (χ1v) is 6.03. The Kier molecular flexibility index (Phi) is 4.76. The van der Waals surface area contributed by atoms with Crippen molar-refractivity contribution in [3.05, 3.63) is 73.2 Å². The molecule has 0 fully saturated rings. The van der Waals surface area contributed by atoms with E-state index < -0.39 is 0 Å². The Labute approximate surface area is 112 Å². The van der Waals surface area contributed by atoms with E-state index in [0.717, 1.165) is 11.4 Å². The number of hydrogen-bond acceptors (Lipinski definition) is 2. The molecule has 0 saturated heterocycles. The molecular weight excluding hydrogens is 236 g/mol. The number of ether oxygens (including phenoxy) is 1. The van der Waals surface area contributed by atoms with Crippen molar-refractivity contribution in [1.29, 1.82) is 0 Å². The summed E-state index contributed by atoms with van der Waals surface area (Å²) in [6.45, 7) is 0. The van der Waals surface area contributed by atoms with Crippen LogP contribution in [-0.4, -0.2) is 17.1 Å². The second-order valence-electron chi connectivity index (χ2n) is 3.84. The van der Waals surface area contributed by atoms with E-state index in [1.54, 1.807) is 19.5 Å². The average Bonchev–Trinajstić information content (AvgIpc) is 3.04. The van der Waals surface area contributed by atoms with Gasteiger partial charge in [-0.05, 0) is 54.1 Å². The Bertz CT molecular complexity index is 533. The SMILES string of the molecule is COc1ccc(-c2ccc[nH]2)cc1.c1ccncc1. The molecule has 96 valence electrons. The summed E-state index contributed by atoms with van der Waals surface area (Å²) in [6, 6.07) is 17.7. The van der Waals surface area contributed by atoms with Crippen LogP contribution in [0.2, 0.25) is 0 Å². The molecule has 1 aromatic carbocycles. The molecule has 3 aromatic rings. The molecule has 0 aliphatic heterocycles. The molecule has 3 rings (SSSR count). The highest BCUT2D eigenvalue weighted by Crippen LogP contribution is 2.20. The van der Waals surface area contributed by atoms with E-state index in [9.17, 15) is 0 Å². The van der Waals surface area contributed by atoms with Crippen molar-refractivity contribution >= 4 is 0 Å². The van der Waals surface area contributed by atoms with Gasteiger partial charge in [0.2, 0.25) is 0 Å². The number of hydrogen-bond donors (Lipinski definition) is 1. The first-order chi connectivity index (χ1) is 9.40. The van der Waals surface area contributed by atoms with Crippen LogP contribution >= 0.6 is 0 Å². The lowest BCUT2D eigenvalue weighted by atomic mass is 10.1. The number of rotatable bonds is 2. The highest BCUT2D eigenvalue weighted by Gasteiger charge is 1.96. The Morgan fingerprint density at radius 2 is 1.63 bits per heavy atom. The highest BCUT2D eigenvalue weighted by molar-refractivity contribution is 5.60. The summed E-state index contributed by atoms with van der Waals surface area (Å²) in [4.78, 5) is 6.93. The molecule has 3 nitrogen and oxygen atoms in total. The van der Waals surface area contributed by atoms with Gasteiger partial charge in [0.05, 0.1) is 7.11 Å². The molecule has 2 aromatic heterocycles. The molecule has 2 heterocycles. The fourth-order valence-electron chi connectivity index (χ4n) is 1.59. The Morgan fingerprint density at radius 1 is 0.895 bits per heavy atom. The number of H-pyrrole nitrogens is 1. The van der Waals surface area contributed by atoms with E-state index in [4.69, 9.17) is 4.74 Å². The zero-order valence-electron chi connectivity index (χ0n) is 10.8. The van der Waals surface area contributed by atoms with Crippen molar-refractivity contribution in [1.82, 2.24) is 9.97 Å². The van der Waals surface area contributed by atoms with Crippen LogP contribution in [-0.2, 0) is 0 Å². The van der Waals surface area contributed by atoms with Crippen LogP contribution in [0.25, 0.3) is 11.3 Å². The third-order valence-electron chi connectivity index (χ3n) is 2.57. The average molecular weight is 252 g/mol. The molecule has 0 saturated carbocycles. The van der Waals surface area contributed by atoms with Gasteiger partial charge >= 0.3 is 0 Å². The minimum Gasteiger partial charge on any atom is -0.497 e. The van der Waals surface area contributed by atoms with E-state index in [-0.39, 0.29) is 0 Å². The molecule has 0 bridgehead atoms. The lowest BCUT2D eigenvalue weighted by molar-refractivity contribution is 0.415. The van der Waals surface area contributed by atoms with Gasteiger partial charge in [0.15, 0.2) is 0 Å². The molecule has 0 amide bonds. The zero-order valence-corrected chi connectivity index (χ0v) is 10.8. The van der Waals surface area contributed by atoms with Crippen LogP contribution < -0.4 is 4.74 Å². The molecule has 0 unspecified atom stereocenters. The number of nitrogens with one attached hydrogen (secondary N) is 1. The monoisotopic (exact) mass is 252 g/mol. The summed E-state index contributed by atoms with van der Waals surface area (Å²) in [6.07, 6.45) is 5.42. The molecule has 0 spiro atoms. The molecular formula is C16H16N2O. The number of pyridine rings is 1. The topological polar surface area (TPSA) is 37.9 Å². The van der Waals surface area contributed by atoms with Crippen LogP contribution in [0.4, 0.5) is 0 Å². The standard InChI is InChI=1S/C11H11NO.C5H5N/c1-13-10-6-4-9(5-7-10)11-3-2-8-12-11;1-2-4-6-5-3-1/h2-8,12H,1H3;1-5H. The van der Waals surface area contributed by atoms with Gasteiger partial charge in [0.1, 0.15) is 5.75 Å². The van der Waals surface area contributed by atoms with Gasteiger partial charge in [-0.15, -0.1) is 0 Å². The van der Waals surface area contributed by atoms with Crippen LogP contribution in [0.5, 0.6) is 5.75 Å². The number of aromatic nitrogens is 2. The molecule has 0 aliphatic rings. The molecule has 0 aliphatic carbocycles. The summed E-state index contributed by atoms with van der Waals surface area (Å²) < 4.78 is 5.08. The summed E-state index contributed by atoms with van der Waals surface area (Å²) in [5, 5.41) is 0. The van der Waals surface area contributed by atoms with Crippen LogP contribution in [0.1, 0.15) is 0 Å². The van der Waals surface area contributed by atoms with Crippen LogP contribution in [0.15, 0.2) is 73.2 Å². The quantitative estimate of drug-likeness (QED) is 0.753. The maximum Gasteiger partial charge on any atom is 0.118 e. The Morgan fingerprint density at radius 3 is 2.05 bits per heavy atom. The minimum atomic E-state index is 0.885. The minimum absolute atomic E-state index is 0.885. The summed E-state index contributed by atoms with van der Waals surface area (Å²) in [7, 11) is 1.67. The fourth-order valence-corrected chi connectivity index (χ4v) is 1.59. The maximum atomic E-state index is 5.08. The first-order valence-electron chi connectivity index (χ1n) is 6.03. The third kappa shape index (κ3) is 4.00. The predicted molar refractivity (Wildman–Crippen MR) is 77.0 cm³/mol. The van der Waals surface area contributed by atoms with Crippen molar-refractivity contribution in [2.45, 2.75) is 0 Å². The number of aromatic amines is 1. The Hall–Kier alpha value is -2.55. The number of benzene rings is 1. The smallest absolute Gasteiger partial charge is 0.118 e. The van der Waals surface area contributed by atoms with Crippen LogP contribution in [0.3, 0.4) is 0 Å². The van der Waals surface area contributed by atoms with Gasteiger partial charge in [-0.2, -0.15) is 0 Å². The number of nitrogens with zero attached hydrogens (tertiary/aromatic N) is 1. The molecule has 3 heteroatoms. The van der Waals surface area contributed by atoms with Gasteiger partial charge in [0.25, 0.3) is 0 Å². The Balaban J connectivity index is 0.000000186. The van der Waals surface area contributed by atoms with Crippen molar-refractivity contribution in [3.8, 4) is 17.0 Å². The van der Waals surface area contributed by atoms with E-state index in [1.165, 1.54) is 5.56 Å². The summed E-state index contributed by atoms with van der Waals surface area (Å²) in [5.41, 5.74) is 2.30. The zero-order chi connectivity index (χ0) is 13.3. The van der Waals surface area contributed by atoms with Crippen LogP contribution in [0, 0.1) is 0 Å². The van der Waals surface area contributed by atoms with Gasteiger partial charge in [-0.1, -0.05) is 6.07 Å². The largest absolute Gasteiger partial charge is 0.497 e. The first kappa shape index (κ1) is 12.9. The highest BCUT2D eigenvalue weighted by atomic mass is 16.5. The molecule has 19 heavy (non-hydrogen) atoms. The van der Waals surface area contributed by atoms with Crippen molar-refractivity contribution in [2.24, 2.45) is 0 Å². The lowest BCUT2D eigenvalue weighted by Gasteiger charge is -2.00. The van der Waals surface area contributed by atoms with Gasteiger partial charge < -0.3 is 9.72 Å². The number of methoxy groups -OCH3 is 1. The fraction of sp³-hybridized carbons (Fsp3) is 0.0625. The summed E-state index contributed by atoms with van der Waals surface area (Å²) in [5.74, 6) is 0.885. The van der Waals surface area contributed by atoms with E-state index in [1.807, 2.05) is 60.8 Å². The molecule has 1 N–H and O–H groups in total. The summed E-state index contributed by atoms with van der Waals surface area (Å²) >= 11 is 0. The third-order valence-corrected chi connectivity index (χ3v) is 2.57. The van der Waals surface area contributed by atoms with Gasteiger partial charge in [-0.25, -0.2) is 0 Å². The lowest BCUT2D eigenvalue weighted by Crippen LogP contribution is -1.82. The predicted octanol–water partition coefficient (Wildman–Crippen LogP) is 3.77. The van der Waals surface area contributed by atoms with Crippen molar-refractivity contribution in [3.63, 3.8) is 0 Å². The van der Waals surface area contributed by atoms with Gasteiger partial charge in [-0.3, -0.25) is 4.98 Å². The molecule has 0 radical (unpaired) electrons.